The minimum Gasteiger partial charge on any atom is -0.471 e. The summed E-state index contributed by atoms with van der Waals surface area (Å²) in [5.41, 5.74) is -0.683. The van der Waals surface area contributed by atoms with Crippen molar-refractivity contribution in [1.29, 1.82) is 0 Å². The monoisotopic (exact) mass is 320 g/mol. The molecule has 1 aromatic rings. The van der Waals surface area contributed by atoms with E-state index in [0.29, 0.717) is 0 Å². The fourth-order valence-corrected chi connectivity index (χ4v) is 2.61. The number of hydrogen-bond donors (Lipinski definition) is 1. The van der Waals surface area contributed by atoms with Gasteiger partial charge < -0.3 is 9.15 Å². The quantitative estimate of drug-likeness (QED) is 0.662. The van der Waals surface area contributed by atoms with Crippen LogP contribution in [0.5, 0.6) is 0 Å². The Hall–Kier alpha value is -1.48. The maximum Gasteiger partial charge on any atom is 0.413 e. The Morgan fingerprint density at radius 3 is 2.55 bits per heavy atom. The van der Waals surface area contributed by atoms with Gasteiger partial charge >= 0.3 is 6.09 Å². The zero-order valence-electron chi connectivity index (χ0n) is 11.5. The number of carbonyl (C=O) groups excluding carboxylic acids is 1. The Balaban J connectivity index is 2.86. The van der Waals surface area contributed by atoms with Gasteiger partial charge in [-0.15, -0.1) is 4.40 Å². The Labute approximate surface area is 121 Å². The number of alkyl carbamates (subject to hydrolysis) is 1. The molecule has 0 atom stereocenters. The molecule has 0 saturated carbocycles. The van der Waals surface area contributed by atoms with E-state index in [4.69, 9.17) is 9.15 Å². The van der Waals surface area contributed by atoms with Gasteiger partial charge in [0.15, 0.2) is 5.17 Å². The average Bonchev–Trinajstić information content (AvgIpc) is 2.78. The van der Waals surface area contributed by atoms with Gasteiger partial charge in [-0.25, -0.2) is 4.79 Å². The standard InChI is InChI=1S/C11H16N2O5S2/c1-11(2,3)18-10(14)12-9(19-4)13-20(15,16)8-5-6-17-7-8/h5-7H,1-4H3,(H,12,13,14). The number of nitrogens with zero attached hydrogens (tertiary/aromatic N) is 1. The fourth-order valence-electron chi connectivity index (χ4n) is 1.06. The highest BCUT2D eigenvalue weighted by Crippen LogP contribution is 2.14. The summed E-state index contributed by atoms with van der Waals surface area (Å²) < 4.78 is 37.0. The molecule has 9 heteroatoms. The highest BCUT2D eigenvalue weighted by atomic mass is 32.2. The first-order chi connectivity index (χ1) is 9.14. The van der Waals surface area contributed by atoms with Crippen LogP contribution in [0.3, 0.4) is 0 Å². The summed E-state index contributed by atoms with van der Waals surface area (Å²) in [6, 6.07) is 1.27. The number of amides is 1. The molecule has 0 aliphatic carbocycles. The molecular weight excluding hydrogens is 304 g/mol. The number of carbonyl (C=O) groups is 1. The van der Waals surface area contributed by atoms with Gasteiger partial charge in [0, 0.05) is 0 Å². The molecule has 1 amide bonds. The third-order valence-corrected chi connectivity index (χ3v) is 3.74. The number of furan rings is 1. The third kappa shape index (κ3) is 5.25. The molecule has 0 spiro atoms. The first-order valence-corrected chi connectivity index (χ1v) is 8.22. The number of rotatable bonds is 2. The van der Waals surface area contributed by atoms with E-state index in [1.165, 1.54) is 12.3 Å². The van der Waals surface area contributed by atoms with Crippen LogP contribution in [0.1, 0.15) is 20.8 Å². The Morgan fingerprint density at radius 1 is 1.45 bits per heavy atom. The minimum atomic E-state index is -3.91. The van der Waals surface area contributed by atoms with Crippen LogP contribution in [0.25, 0.3) is 0 Å². The molecule has 1 rings (SSSR count). The summed E-state index contributed by atoms with van der Waals surface area (Å²) in [5, 5.41) is 2.20. The second-order valence-corrected chi connectivity index (χ2v) is 7.06. The summed E-state index contributed by atoms with van der Waals surface area (Å²) in [6.45, 7) is 5.10. The van der Waals surface area contributed by atoms with E-state index in [2.05, 4.69) is 9.71 Å². The van der Waals surface area contributed by atoms with Crippen LogP contribution < -0.4 is 5.32 Å². The zero-order valence-corrected chi connectivity index (χ0v) is 13.2. The maximum absolute atomic E-state index is 11.9. The number of sulfonamides is 1. The van der Waals surface area contributed by atoms with Crippen molar-refractivity contribution < 1.29 is 22.4 Å². The molecule has 0 fully saturated rings. The first-order valence-electron chi connectivity index (χ1n) is 5.55. The molecule has 0 aromatic carbocycles. The van der Waals surface area contributed by atoms with E-state index < -0.39 is 21.7 Å². The smallest absolute Gasteiger partial charge is 0.413 e. The van der Waals surface area contributed by atoms with Crippen LogP contribution in [-0.2, 0) is 14.8 Å². The van der Waals surface area contributed by atoms with Gasteiger partial charge in [-0.3, -0.25) is 5.32 Å². The molecule has 7 nitrogen and oxygen atoms in total. The van der Waals surface area contributed by atoms with E-state index in [9.17, 15) is 13.2 Å². The van der Waals surface area contributed by atoms with Crippen molar-refractivity contribution in [2.75, 3.05) is 6.26 Å². The SMILES string of the molecule is CS/C(=N\S(=O)(=O)c1ccoc1)NC(=O)OC(C)(C)C. The van der Waals surface area contributed by atoms with Crippen LogP contribution >= 0.6 is 11.8 Å². The van der Waals surface area contributed by atoms with Crippen molar-refractivity contribution in [3.63, 3.8) is 0 Å². The van der Waals surface area contributed by atoms with Crippen molar-refractivity contribution in [1.82, 2.24) is 5.32 Å². The summed E-state index contributed by atoms with van der Waals surface area (Å²) in [4.78, 5) is 11.5. The van der Waals surface area contributed by atoms with Crippen molar-refractivity contribution >= 4 is 33.0 Å². The number of nitrogens with one attached hydrogen (secondary N) is 1. The summed E-state index contributed by atoms with van der Waals surface area (Å²) in [5.74, 6) is 0. The Morgan fingerprint density at radius 2 is 2.10 bits per heavy atom. The van der Waals surface area contributed by atoms with Gasteiger partial charge in [-0.05, 0) is 33.1 Å². The summed E-state index contributed by atoms with van der Waals surface area (Å²) in [7, 11) is -3.91. The second kappa shape index (κ2) is 6.31. The molecule has 0 saturated heterocycles. The van der Waals surface area contributed by atoms with E-state index in [0.717, 1.165) is 18.0 Å². The molecular formula is C11H16N2O5S2. The van der Waals surface area contributed by atoms with E-state index in [1.807, 2.05) is 0 Å². The van der Waals surface area contributed by atoms with E-state index in [1.54, 1.807) is 27.0 Å². The molecule has 20 heavy (non-hydrogen) atoms. The highest BCUT2D eigenvalue weighted by molar-refractivity contribution is 8.13. The molecule has 1 aromatic heterocycles. The van der Waals surface area contributed by atoms with Gasteiger partial charge in [0.05, 0.1) is 6.26 Å². The molecule has 112 valence electrons. The molecule has 1 N–H and O–H groups in total. The predicted octanol–water partition coefficient (Wildman–Crippen LogP) is 2.21. The normalized spacial score (nSPS) is 13.1. The molecule has 0 aliphatic rings. The van der Waals surface area contributed by atoms with Gasteiger partial charge in [0.1, 0.15) is 16.8 Å². The van der Waals surface area contributed by atoms with Gasteiger partial charge in [-0.2, -0.15) is 8.42 Å². The minimum absolute atomic E-state index is 0.0829. The molecule has 1 heterocycles. The van der Waals surface area contributed by atoms with Gasteiger partial charge in [-0.1, -0.05) is 11.8 Å². The zero-order chi connectivity index (χ0) is 15.4. The number of hydrogen-bond acceptors (Lipinski definition) is 6. The van der Waals surface area contributed by atoms with Crippen LogP contribution in [0.15, 0.2) is 32.3 Å². The number of thioether (sulfide) groups is 1. The van der Waals surface area contributed by atoms with Crippen molar-refractivity contribution in [3.8, 4) is 0 Å². The molecule has 0 radical (unpaired) electrons. The summed E-state index contributed by atoms with van der Waals surface area (Å²) in [6.07, 6.45) is 3.10. The number of amidine groups is 1. The van der Waals surface area contributed by atoms with Crippen LogP contribution in [0, 0.1) is 0 Å². The van der Waals surface area contributed by atoms with Crippen molar-refractivity contribution in [3.05, 3.63) is 18.6 Å². The van der Waals surface area contributed by atoms with Gasteiger partial charge in [0.25, 0.3) is 10.0 Å². The topological polar surface area (TPSA) is 98.0 Å². The van der Waals surface area contributed by atoms with Crippen LogP contribution in [0.2, 0.25) is 0 Å². The Bertz CT molecular complexity index is 585. The molecule has 0 aliphatic heterocycles. The lowest BCUT2D eigenvalue weighted by molar-refractivity contribution is 0.0564. The van der Waals surface area contributed by atoms with Crippen LogP contribution in [0.4, 0.5) is 4.79 Å². The maximum atomic E-state index is 11.9. The lowest BCUT2D eigenvalue weighted by atomic mass is 10.2. The second-order valence-electron chi connectivity index (χ2n) is 4.66. The van der Waals surface area contributed by atoms with Crippen molar-refractivity contribution in [2.24, 2.45) is 4.40 Å². The summed E-state index contributed by atoms with van der Waals surface area (Å²) >= 11 is 0.977. The Kier molecular flexibility index (Phi) is 5.23. The van der Waals surface area contributed by atoms with Crippen molar-refractivity contribution in [2.45, 2.75) is 31.3 Å². The van der Waals surface area contributed by atoms with Crippen LogP contribution in [-0.4, -0.2) is 31.5 Å². The lowest BCUT2D eigenvalue weighted by Crippen LogP contribution is -2.35. The first kappa shape index (κ1) is 16.6. The number of ether oxygens (including phenoxy) is 1. The largest absolute Gasteiger partial charge is 0.471 e. The average molecular weight is 320 g/mol. The fraction of sp³-hybridized carbons (Fsp3) is 0.455. The predicted molar refractivity (Wildman–Crippen MR) is 76.2 cm³/mol. The molecule has 0 bridgehead atoms. The van der Waals surface area contributed by atoms with E-state index >= 15 is 0 Å². The third-order valence-electron chi connectivity index (χ3n) is 1.80. The van der Waals surface area contributed by atoms with Gasteiger partial charge in [0.2, 0.25) is 0 Å². The lowest BCUT2D eigenvalue weighted by Gasteiger charge is -2.19. The van der Waals surface area contributed by atoms with E-state index in [-0.39, 0.29) is 10.1 Å². The highest BCUT2D eigenvalue weighted by Gasteiger charge is 2.20. The molecule has 0 unspecified atom stereocenters.